The maximum absolute atomic E-state index is 10.9. The normalized spacial score (nSPS) is 34.2. The van der Waals surface area contributed by atoms with Gasteiger partial charge in [-0.1, -0.05) is 43.3 Å². The Morgan fingerprint density at radius 3 is 2.60 bits per heavy atom. The molecule has 2 rings (SSSR count). The summed E-state index contributed by atoms with van der Waals surface area (Å²) in [6.45, 7) is 6.06. The van der Waals surface area contributed by atoms with Crippen molar-refractivity contribution in [1.29, 1.82) is 0 Å². The van der Waals surface area contributed by atoms with E-state index in [1.165, 1.54) is 5.56 Å². The highest BCUT2D eigenvalue weighted by atomic mass is 16.1. The maximum atomic E-state index is 10.9. The fourth-order valence-electron chi connectivity index (χ4n) is 2.71. The quantitative estimate of drug-likeness (QED) is 0.541. The van der Waals surface area contributed by atoms with Crippen LogP contribution in [0.2, 0.25) is 0 Å². The van der Waals surface area contributed by atoms with E-state index in [4.69, 9.17) is 0 Å². The molecule has 78 valence electrons. The first-order valence-corrected chi connectivity index (χ1v) is 5.35. The minimum atomic E-state index is 0.0902. The molecule has 0 amide bonds. The average molecular weight is 200 g/mol. The lowest BCUT2D eigenvalue weighted by Crippen LogP contribution is -2.43. The smallest absolute Gasteiger partial charge is 0.123 e. The van der Waals surface area contributed by atoms with Gasteiger partial charge in [0.25, 0.3) is 0 Å². The second-order valence-corrected chi connectivity index (χ2v) is 4.60. The number of hydrogen-bond acceptors (Lipinski definition) is 1. The fourth-order valence-corrected chi connectivity index (χ4v) is 2.71. The zero-order valence-electron chi connectivity index (χ0n) is 9.02. The fraction of sp³-hybridized carbons (Fsp3) is 0.357. The Kier molecular flexibility index (Phi) is 2.47. The molecule has 1 heteroatoms. The summed E-state index contributed by atoms with van der Waals surface area (Å²) in [4.78, 5) is 10.9. The van der Waals surface area contributed by atoms with Crippen molar-refractivity contribution in [3.05, 3.63) is 48.6 Å². The lowest BCUT2D eigenvalue weighted by Gasteiger charge is -2.50. The number of allylic oxidation sites excluding steroid dienone is 1. The third kappa shape index (κ3) is 1.52. The van der Waals surface area contributed by atoms with Gasteiger partial charge >= 0.3 is 0 Å². The minimum absolute atomic E-state index is 0.0902. The molecule has 1 aliphatic carbocycles. The van der Waals surface area contributed by atoms with Gasteiger partial charge in [-0.25, -0.2) is 0 Å². The Morgan fingerprint density at radius 2 is 2.07 bits per heavy atom. The van der Waals surface area contributed by atoms with Crippen LogP contribution in [-0.4, -0.2) is 6.29 Å². The number of rotatable bonds is 3. The first-order valence-electron chi connectivity index (χ1n) is 5.35. The molecule has 0 aromatic heterocycles. The van der Waals surface area contributed by atoms with Crippen molar-refractivity contribution in [1.82, 2.24) is 0 Å². The molecule has 3 atom stereocenters. The van der Waals surface area contributed by atoms with Gasteiger partial charge in [0.05, 0.1) is 0 Å². The van der Waals surface area contributed by atoms with Gasteiger partial charge in [0.2, 0.25) is 0 Å². The molecular formula is C14H16O. The molecule has 0 N–H and O–H groups in total. The van der Waals surface area contributed by atoms with Crippen molar-refractivity contribution in [2.24, 2.45) is 11.3 Å². The summed E-state index contributed by atoms with van der Waals surface area (Å²) in [6, 6.07) is 10.3. The van der Waals surface area contributed by atoms with Crippen molar-refractivity contribution < 1.29 is 4.79 Å². The predicted molar refractivity (Wildman–Crippen MR) is 61.7 cm³/mol. The summed E-state index contributed by atoms with van der Waals surface area (Å²) in [7, 11) is 0. The van der Waals surface area contributed by atoms with Gasteiger partial charge in [0.1, 0.15) is 6.29 Å². The molecule has 0 saturated heterocycles. The number of carbonyl (C=O) groups excluding carboxylic acids is 1. The Bertz CT molecular complexity index is 368. The van der Waals surface area contributed by atoms with Crippen molar-refractivity contribution in [2.75, 3.05) is 0 Å². The molecule has 0 aliphatic heterocycles. The van der Waals surface area contributed by atoms with Gasteiger partial charge in [-0.15, -0.1) is 6.58 Å². The molecule has 0 unspecified atom stereocenters. The summed E-state index contributed by atoms with van der Waals surface area (Å²) >= 11 is 0. The number of aldehydes is 1. The van der Waals surface area contributed by atoms with Crippen LogP contribution in [0.4, 0.5) is 0 Å². The number of benzene rings is 1. The Hall–Kier alpha value is -1.37. The molecule has 1 aromatic rings. The maximum Gasteiger partial charge on any atom is 0.123 e. The SMILES string of the molecule is C=C[C@@]1(C)C[C@H](C=O)[C@H]1c1ccccc1. The van der Waals surface area contributed by atoms with Crippen molar-refractivity contribution in [3.63, 3.8) is 0 Å². The molecular weight excluding hydrogens is 184 g/mol. The summed E-state index contributed by atoms with van der Waals surface area (Å²) in [6.07, 6.45) is 4.01. The lowest BCUT2D eigenvalue weighted by atomic mass is 9.53. The van der Waals surface area contributed by atoms with Crippen LogP contribution in [0.5, 0.6) is 0 Å². The molecule has 15 heavy (non-hydrogen) atoms. The highest BCUT2D eigenvalue weighted by Crippen LogP contribution is 2.56. The Labute approximate surface area is 90.8 Å². The predicted octanol–water partition coefficient (Wildman–Crippen LogP) is 3.18. The van der Waals surface area contributed by atoms with Crippen LogP contribution in [-0.2, 0) is 4.79 Å². The van der Waals surface area contributed by atoms with Crippen LogP contribution in [0.3, 0.4) is 0 Å². The van der Waals surface area contributed by atoms with E-state index < -0.39 is 0 Å². The van der Waals surface area contributed by atoms with Gasteiger partial charge < -0.3 is 4.79 Å². The Morgan fingerprint density at radius 1 is 1.40 bits per heavy atom. The van der Waals surface area contributed by atoms with Gasteiger partial charge in [-0.05, 0) is 17.4 Å². The van der Waals surface area contributed by atoms with E-state index in [0.717, 1.165) is 12.7 Å². The first kappa shape index (κ1) is 10.2. The summed E-state index contributed by atoms with van der Waals surface area (Å²) in [5.74, 6) is 0.476. The number of carbonyl (C=O) groups is 1. The molecule has 0 bridgehead atoms. The molecule has 1 aromatic carbocycles. The molecule has 0 spiro atoms. The van der Waals surface area contributed by atoms with Crippen molar-refractivity contribution in [2.45, 2.75) is 19.3 Å². The van der Waals surface area contributed by atoms with Gasteiger partial charge in [-0.2, -0.15) is 0 Å². The first-order chi connectivity index (χ1) is 7.21. The highest BCUT2D eigenvalue weighted by Gasteiger charge is 2.48. The van der Waals surface area contributed by atoms with E-state index in [9.17, 15) is 4.79 Å². The van der Waals surface area contributed by atoms with Crippen molar-refractivity contribution in [3.8, 4) is 0 Å². The molecule has 0 heterocycles. The average Bonchev–Trinajstić information content (AvgIpc) is 2.26. The van der Waals surface area contributed by atoms with E-state index in [1.54, 1.807) is 0 Å². The molecule has 1 saturated carbocycles. The largest absolute Gasteiger partial charge is 0.303 e. The van der Waals surface area contributed by atoms with Crippen LogP contribution < -0.4 is 0 Å². The van der Waals surface area contributed by atoms with Gasteiger partial charge in [0.15, 0.2) is 0 Å². The van der Waals surface area contributed by atoms with E-state index in [0.29, 0.717) is 5.92 Å². The molecule has 1 aliphatic rings. The standard InChI is InChI=1S/C14H16O/c1-3-14(2)9-12(10-15)13(14)11-7-5-4-6-8-11/h3-8,10,12-13H,1,9H2,2H3/t12-,13-,14+/m1/s1. The zero-order chi connectivity index (χ0) is 10.9. The van der Waals surface area contributed by atoms with Crippen molar-refractivity contribution >= 4 is 6.29 Å². The van der Waals surface area contributed by atoms with Gasteiger partial charge in [-0.3, -0.25) is 0 Å². The van der Waals surface area contributed by atoms with E-state index in [1.807, 2.05) is 24.3 Å². The van der Waals surface area contributed by atoms with E-state index >= 15 is 0 Å². The molecule has 1 nitrogen and oxygen atoms in total. The molecule has 0 radical (unpaired) electrons. The van der Waals surface area contributed by atoms with Crippen LogP contribution >= 0.6 is 0 Å². The summed E-state index contributed by atoms with van der Waals surface area (Å²) in [5.41, 5.74) is 1.34. The monoisotopic (exact) mass is 200 g/mol. The van der Waals surface area contributed by atoms with E-state index in [2.05, 4.69) is 25.6 Å². The van der Waals surface area contributed by atoms with E-state index in [-0.39, 0.29) is 11.3 Å². The third-order valence-corrected chi connectivity index (χ3v) is 3.61. The second kappa shape index (κ2) is 3.65. The van der Waals surface area contributed by atoms with Crippen LogP contribution in [0.1, 0.15) is 24.8 Å². The highest BCUT2D eigenvalue weighted by molar-refractivity contribution is 5.60. The van der Waals surface area contributed by atoms with Crippen LogP contribution in [0.15, 0.2) is 43.0 Å². The van der Waals surface area contributed by atoms with Crippen LogP contribution in [0, 0.1) is 11.3 Å². The molecule has 1 fully saturated rings. The summed E-state index contributed by atoms with van der Waals surface area (Å²) < 4.78 is 0. The topological polar surface area (TPSA) is 17.1 Å². The summed E-state index contributed by atoms with van der Waals surface area (Å²) in [5, 5.41) is 0. The Balaban J connectivity index is 2.33. The zero-order valence-corrected chi connectivity index (χ0v) is 9.02. The lowest BCUT2D eigenvalue weighted by molar-refractivity contribution is -0.117. The third-order valence-electron chi connectivity index (χ3n) is 3.61. The minimum Gasteiger partial charge on any atom is -0.303 e. The number of hydrogen-bond donors (Lipinski definition) is 0. The second-order valence-electron chi connectivity index (χ2n) is 4.60. The van der Waals surface area contributed by atoms with Gasteiger partial charge in [0, 0.05) is 11.8 Å². The van der Waals surface area contributed by atoms with Crippen LogP contribution in [0.25, 0.3) is 0 Å².